The standard InChI is InChI=1S/C16H32BN3O5/c1-15(2,3)12(18)13(21)20-9-11-5-4-10(6-7-17(24)25)8-16(11,19)14(22)23/h10-12,24-25H,4-9,18-19H2,1-3H3,(H,20,21)(H,22,23)/t10-,11-,12+,16+/m0/s1. The van der Waals surface area contributed by atoms with Crippen molar-refractivity contribution in [2.45, 2.75) is 64.4 Å². The van der Waals surface area contributed by atoms with Gasteiger partial charge in [-0.05, 0) is 36.9 Å². The van der Waals surface area contributed by atoms with E-state index in [1.54, 1.807) is 0 Å². The van der Waals surface area contributed by atoms with Crippen molar-refractivity contribution in [2.24, 2.45) is 28.7 Å². The van der Waals surface area contributed by atoms with E-state index in [2.05, 4.69) is 5.32 Å². The first-order chi connectivity index (χ1) is 11.4. The number of rotatable bonds is 7. The van der Waals surface area contributed by atoms with Gasteiger partial charge in [-0.25, -0.2) is 0 Å². The van der Waals surface area contributed by atoms with Crippen molar-refractivity contribution in [1.82, 2.24) is 5.32 Å². The Balaban J connectivity index is 2.70. The Hall–Kier alpha value is -1.16. The molecule has 0 radical (unpaired) electrons. The molecule has 0 unspecified atom stereocenters. The number of carbonyl (C=O) groups is 2. The molecule has 0 aromatic rings. The van der Waals surface area contributed by atoms with Gasteiger partial charge in [-0.15, -0.1) is 0 Å². The van der Waals surface area contributed by atoms with Crippen LogP contribution in [0.1, 0.15) is 46.5 Å². The third kappa shape index (κ3) is 5.95. The van der Waals surface area contributed by atoms with Gasteiger partial charge in [0.15, 0.2) is 0 Å². The zero-order valence-corrected chi connectivity index (χ0v) is 15.4. The number of nitrogens with two attached hydrogens (primary N) is 2. The van der Waals surface area contributed by atoms with Gasteiger partial charge in [-0.1, -0.05) is 27.2 Å². The van der Waals surface area contributed by atoms with E-state index in [4.69, 9.17) is 21.5 Å². The van der Waals surface area contributed by atoms with Crippen LogP contribution < -0.4 is 16.8 Å². The minimum Gasteiger partial charge on any atom is -0.480 e. The summed E-state index contributed by atoms with van der Waals surface area (Å²) in [5.74, 6) is -1.78. The summed E-state index contributed by atoms with van der Waals surface area (Å²) in [6, 6.07) is -0.688. The van der Waals surface area contributed by atoms with Crippen molar-refractivity contribution in [3.63, 3.8) is 0 Å². The molecule has 1 saturated carbocycles. The van der Waals surface area contributed by atoms with E-state index in [0.717, 1.165) is 6.42 Å². The molecule has 0 bridgehead atoms. The maximum atomic E-state index is 12.2. The summed E-state index contributed by atoms with van der Waals surface area (Å²) in [4.78, 5) is 23.9. The molecular formula is C16H32BN3O5. The lowest BCUT2D eigenvalue weighted by atomic mass is 9.66. The van der Waals surface area contributed by atoms with Crippen LogP contribution in [0, 0.1) is 17.3 Å². The van der Waals surface area contributed by atoms with Gasteiger partial charge in [0.2, 0.25) is 5.91 Å². The fourth-order valence-electron chi connectivity index (χ4n) is 3.35. The molecule has 1 aliphatic rings. The first-order valence-corrected chi connectivity index (χ1v) is 8.79. The third-order valence-corrected chi connectivity index (χ3v) is 5.25. The largest absolute Gasteiger partial charge is 0.480 e. The second-order valence-corrected chi connectivity index (χ2v) is 8.34. The number of hydrogen-bond acceptors (Lipinski definition) is 6. The van der Waals surface area contributed by atoms with Gasteiger partial charge in [-0.3, -0.25) is 9.59 Å². The van der Waals surface area contributed by atoms with Crippen LogP contribution in [0.4, 0.5) is 0 Å². The Kier molecular flexibility index (Phi) is 7.43. The number of aliphatic carboxylic acids is 1. The summed E-state index contributed by atoms with van der Waals surface area (Å²) in [5, 5.41) is 30.3. The van der Waals surface area contributed by atoms with Crippen LogP contribution >= 0.6 is 0 Å². The quantitative estimate of drug-likeness (QED) is 0.336. The van der Waals surface area contributed by atoms with Crippen molar-refractivity contribution in [3.05, 3.63) is 0 Å². The molecule has 0 spiro atoms. The van der Waals surface area contributed by atoms with Gasteiger partial charge in [0.05, 0.1) is 6.04 Å². The predicted molar refractivity (Wildman–Crippen MR) is 95.4 cm³/mol. The van der Waals surface area contributed by atoms with Crippen LogP contribution in [-0.2, 0) is 9.59 Å². The van der Waals surface area contributed by atoms with Gasteiger partial charge < -0.3 is 31.9 Å². The summed E-state index contributed by atoms with van der Waals surface area (Å²) in [6.45, 7) is 5.76. The summed E-state index contributed by atoms with van der Waals surface area (Å²) >= 11 is 0. The van der Waals surface area contributed by atoms with Gasteiger partial charge in [0.25, 0.3) is 0 Å². The highest BCUT2D eigenvalue weighted by Gasteiger charge is 2.47. The minimum atomic E-state index is -1.44. The molecular weight excluding hydrogens is 325 g/mol. The molecule has 144 valence electrons. The summed E-state index contributed by atoms with van der Waals surface area (Å²) < 4.78 is 0. The van der Waals surface area contributed by atoms with Crippen molar-refractivity contribution in [1.29, 1.82) is 0 Å². The van der Waals surface area contributed by atoms with E-state index in [1.807, 2.05) is 20.8 Å². The van der Waals surface area contributed by atoms with E-state index in [1.165, 1.54) is 0 Å². The van der Waals surface area contributed by atoms with Crippen molar-refractivity contribution >= 4 is 19.0 Å². The lowest BCUT2D eigenvalue weighted by Crippen LogP contribution is -2.61. The number of nitrogens with one attached hydrogen (secondary N) is 1. The van der Waals surface area contributed by atoms with Crippen LogP contribution in [0.15, 0.2) is 0 Å². The first-order valence-electron chi connectivity index (χ1n) is 8.79. The van der Waals surface area contributed by atoms with Crippen LogP contribution in [0.5, 0.6) is 0 Å². The molecule has 8 nitrogen and oxygen atoms in total. The molecule has 0 aromatic heterocycles. The first kappa shape index (κ1) is 21.9. The summed E-state index contributed by atoms with van der Waals surface area (Å²) in [7, 11) is -1.40. The van der Waals surface area contributed by atoms with Crippen LogP contribution in [0.25, 0.3) is 0 Å². The Morgan fingerprint density at radius 2 is 1.92 bits per heavy atom. The van der Waals surface area contributed by atoms with E-state index in [9.17, 15) is 14.7 Å². The number of carbonyl (C=O) groups excluding carboxylic acids is 1. The van der Waals surface area contributed by atoms with Crippen LogP contribution in [0.2, 0.25) is 6.32 Å². The Labute approximate surface area is 149 Å². The summed E-state index contributed by atoms with van der Waals surface area (Å²) in [6.07, 6.45) is 2.26. The van der Waals surface area contributed by atoms with Crippen molar-refractivity contribution < 1.29 is 24.7 Å². The molecule has 9 heteroatoms. The molecule has 1 fully saturated rings. The summed E-state index contributed by atoms with van der Waals surface area (Å²) in [5.41, 5.74) is 10.3. The zero-order chi connectivity index (χ0) is 19.4. The molecule has 1 rings (SSSR count). The fourth-order valence-corrected chi connectivity index (χ4v) is 3.35. The van der Waals surface area contributed by atoms with E-state index >= 15 is 0 Å². The fraction of sp³-hybridized carbons (Fsp3) is 0.875. The van der Waals surface area contributed by atoms with Crippen molar-refractivity contribution in [3.8, 4) is 0 Å². The van der Waals surface area contributed by atoms with Gasteiger partial charge >= 0.3 is 13.1 Å². The molecule has 0 aromatic carbocycles. The SMILES string of the molecule is CC(C)(C)[C@H](N)C(=O)NC[C@@H]1CC[C@@H](CCB(O)O)C[C@]1(N)C(=O)O. The number of carboxylic acid groups (broad SMARTS) is 1. The molecule has 0 aliphatic heterocycles. The van der Waals surface area contributed by atoms with E-state index in [0.29, 0.717) is 12.8 Å². The normalized spacial score (nSPS) is 28.3. The topological polar surface area (TPSA) is 159 Å². The smallest absolute Gasteiger partial charge is 0.451 e. The molecule has 8 N–H and O–H groups in total. The number of hydrogen-bond donors (Lipinski definition) is 6. The predicted octanol–water partition coefficient (Wildman–Crippen LogP) is -0.463. The highest BCUT2D eigenvalue weighted by atomic mass is 16.4. The van der Waals surface area contributed by atoms with Gasteiger partial charge in [-0.2, -0.15) is 0 Å². The minimum absolute atomic E-state index is 0.0201. The highest BCUT2D eigenvalue weighted by molar-refractivity contribution is 6.40. The monoisotopic (exact) mass is 357 g/mol. The maximum Gasteiger partial charge on any atom is 0.451 e. The van der Waals surface area contributed by atoms with Crippen LogP contribution in [-0.4, -0.2) is 52.3 Å². The Bertz CT molecular complexity index is 483. The maximum absolute atomic E-state index is 12.2. The van der Waals surface area contributed by atoms with Gasteiger partial charge in [0, 0.05) is 12.5 Å². The molecule has 1 aliphatic carbocycles. The second kappa shape index (κ2) is 8.48. The Morgan fingerprint density at radius 3 is 2.40 bits per heavy atom. The van der Waals surface area contributed by atoms with E-state index < -0.39 is 30.6 Å². The number of carboxylic acids is 1. The lowest BCUT2D eigenvalue weighted by Gasteiger charge is -2.42. The third-order valence-electron chi connectivity index (χ3n) is 5.25. The van der Waals surface area contributed by atoms with E-state index in [-0.39, 0.29) is 36.5 Å². The second-order valence-electron chi connectivity index (χ2n) is 8.34. The lowest BCUT2D eigenvalue weighted by molar-refractivity contribution is -0.148. The molecule has 25 heavy (non-hydrogen) atoms. The molecule has 4 atom stereocenters. The molecule has 0 saturated heterocycles. The van der Waals surface area contributed by atoms with Crippen LogP contribution in [0.3, 0.4) is 0 Å². The zero-order valence-electron chi connectivity index (χ0n) is 15.4. The van der Waals surface area contributed by atoms with Gasteiger partial charge in [0.1, 0.15) is 5.54 Å². The molecule has 0 heterocycles. The number of amides is 1. The Morgan fingerprint density at radius 1 is 1.32 bits per heavy atom. The average Bonchev–Trinajstić information content (AvgIpc) is 2.49. The van der Waals surface area contributed by atoms with Crippen molar-refractivity contribution in [2.75, 3.05) is 6.54 Å². The average molecular weight is 357 g/mol. The highest BCUT2D eigenvalue weighted by Crippen LogP contribution is 2.38. The molecule has 1 amide bonds.